The second-order valence-electron chi connectivity index (χ2n) is 4.26. The van der Waals surface area contributed by atoms with E-state index in [1.54, 1.807) is 13.2 Å². The minimum Gasteiger partial charge on any atom is -0.497 e. The van der Waals surface area contributed by atoms with Crippen LogP contribution in [0.15, 0.2) is 48.5 Å². The van der Waals surface area contributed by atoms with Gasteiger partial charge in [0.05, 0.1) is 24.6 Å². The van der Waals surface area contributed by atoms with Crippen LogP contribution < -0.4 is 15.8 Å². The van der Waals surface area contributed by atoms with Crippen LogP contribution in [0.4, 0.5) is 11.4 Å². The second kappa shape index (κ2) is 6.11. The smallest absolute Gasteiger partial charge is 0.121 e. The van der Waals surface area contributed by atoms with Crippen molar-refractivity contribution in [3.8, 4) is 5.75 Å². The van der Waals surface area contributed by atoms with Crippen molar-refractivity contribution in [3.63, 3.8) is 0 Å². The maximum atomic E-state index is 10.0. The van der Waals surface area contributed by atoms with Crippen LogP contribution >= 0.6 is 0 Å². The van der Waals surface area contributed by atoms with Crippen molar-refractivity contribution >= 4 is 11.4 Å². The predicted octanol–water partition coefficient (Wildman–Crippen LogP) is 2.42. The largest absolute Gasteiger partial charge is 0.497 e. The molecular formula is C15H18N2O2. The Morgan fingerprint density at radius 1 is 1.21 bits per heavy atom. The molecule has 100 valence electrons. The van der Waals surface area contributed by atoms with E-state index in [0.29, 0.717) is 18.0 Å². The summed E-state index contributed by atoms with van der Waals surface area (Å²) < 4.78 is 5.09. The first-order valence-electron chi connectivity index (χ1n) is 6.11. The molecule has 19 heavy (non-hydrogen) atoms. The predicted molar refractivity (Wildman–Crippen MR) is 77.3 cm³/mol. The Hall–Kier alpha value is -2.20. The fraction of sp³-hybridized carbons (Fsp3) is 0.200. The number of aliphatic hydroxyl groups is 1. The molecule has 0 aromatic heterocycles. The Morgan fingerprint density at radius 2 is 1.95 bits per heavy atom. The van der Waals surface area contributed by atoms with Gasteiger partial charge >= 0.3 is 0 Å². The van der Waals surface area contributed by atoms with E-state index in [1.807, 2.05) is 42.5 Å². The van der Waals surface area contributed by atoms with Crippen LogP contribution in [-0.2, 0) is 0 Å². The molecule has 2 rings (SSSR count). The Balaban J connectivity index is 1.99. The highest BCUT2D eigenvalue weighted by Gasteiger charge is 2.07. The molecule has 0 amide bonds. The molecule has 0 radical (unpaired) electrons. The molecule has 4 N–H and O–H groups in total. The molecule has 0 aliphatic carbocycles. The molecule has 0 aliphatic heterocycles. The lowest BCUT2D eigenvalue weighted by Gasteiger charge is -2.15. The lowest BCUT2D eigenvalue weighted by molar-refractivity contribution is 0.191. The number of aliphatic hydroxyl groups excluding tert-OH is 1. The minimum atomic E-state index is -0.567. The Bertz CT molecular complexity index is 529. The van der Waals surface area contributed by atoms with Crippen molar-refractivity contribution in [1.82, 2.24) is 0 Å². The molecule has 4 heteroatoms. The number of hydrogen-bond acceptors (Lipinski definition) is 4. The zero-order valence-corrected chi connectivity index (χ0v) is 10.8. The van der Waals surface area contributed by atoms with Crippen LogP contribution in [0.5, 0.6) is 5.75 Å². The summed E-state index contributed by atoms with van der Waals surface area (Å²) in [5.74, 6) is 0.714. The molecule has 1 atom stereocenters. The summed E-state index contributed by atoms with van der Waals surface area (Å²) in [6.45, 7) is 0.403. The number of hydrogen-bond donors (Lipinski definition) is 3. The number of benzene rings is 2. The van der Waals surface area contributed by atoms with E-state index in [-0.39, 0.29) is 0 Å². The van der Waals surface area contributed by atoms with Gasteiger partial charge in [-0.3, -0.25) is 0 Å². The standard InChI is InChI=1S/C15H18N2O2/c1-19-12-7-8-14(13(16)9-12)17-10-15(18)11-5-3-2-4-6-11/h2-9,15,17-18H,10,16H2,1H3. The molecular weight excluding hydrogens is 240 g/mol. The van der Waals surface area contributed by atoms with Crippen molar-refractivity contribution in [2.45, 2.75) is 6.10 Å². The number of methoxy groups -OCH3 is 1. The first-order chi connectivity index (χ1) is 9.20. The van der Waals surface area contributed by atoms with Crippen molar-refractivity contribution < 1.29 is 9.84 Å². The van der Waals surface area contributed by atoms with Crippen LogP contribution in [0.25, 0.3) is 0 Å². The van der Waals surface area contributed by atoms with Gasteiger partial charge in [-0.25, -0.2) is 0 Å². The van der Waals surface area contributed by atoms with E-state index >= 15 is 0 Å². The highest BCUT2D eigenvalue weighted by molar-refractivity contribution is 5.68. The summed E-state index contributed by atoms with van der Waals surface area (Å²) in [6, 6.07) is 14.9. The quantitative estimate of drug-likeness (QED) is 0.720. The SMILES string of the molecule is COc1ccc(NCC(O)c2ccccc2)c(N)c1. The topological polar surface area (TPSA) is 67.5 Å². The maximum absolute atomic E-state index is 10.0. The molecule has 0 heterocycles. The summed E-state index contributed by atoms with van der Waals surface area (Å²) >= 11 is 0. The minimum absolute atomic E-state index is 0.403. The van der Waals surface area contributed by atoms with Gasteiger partial charge in [0.2, 0.25) is 0 Å². The summed E-state index contributed by atoms with van der Waals surface area (Å²) in [6.07, 6.45) is -0.567. The number of ether oxygens (including phenoxy) is 1. The summed E-state index contributed by atoms with van der Waals surface area (Å²) in [5.41, 5.74) is 8.16. The number of rotatable bonds is 5. The van der Waals surface area contributed by atoms with Crippen LogP contribution in [0, 0.1) is 0 Å². The summed E-state index contributed by atoms with van der Waals surface area (Å²) in [4.78, 5) is 0. The third-order valence-electron chi connectivity index (χ3n) is 2.93. The number of nitrogens with two attached hydrogens (primary N) is 1. The lowest BCUT2D eigenvalue weighted by Crippen LogP contribution is -2.13. The molecule has 2 aromatic carbocycles. The van der Waals surface area contributed by atoms with Gasteiger partial charge in [0.15, 0.2) is 0 Å². The van der Waals surface area contributed by atoms with E-state index in [2.05, 4.69) is 5.32 Å². The molecule has 0 aliphatic rings. The van der Waals surface area contributed by atoms with Crippen LogP contribution in [0.1, 0.15) is 11.7 Å². The third-order valence-corrected chi connectivity index (χ3v) is 2.93. The average Bonchev–Trinajstić information content (AvgIpc) is 2.46. The number of nitrogens with one attached hydrogen (secondary N) is 1. The Labute approximate surface area is 112 Å². The highest BCUT2D eigenvalue weighted by atomic mass is 16.5. The third kappa shape index (κ3) is 3.39. The first kappa shape index (κ1) is 13.2. The Morgan fingerprint density at radius 3 is 2.58 bits per heavy atom. The van der Waals surface area contributed by atoms with Gasteiger partial charge in [0.25, 0.3) is 0 Å². The second-order valence-corrected chi connectivity index (χ2v) is 4.26. The number of nitrogen functional groups attached to an aromatic ring is 1. The van der Waals surface area contributed by atoms with Gasteiger partial charge in [-0.2, -0.15) is 0 Å². The molecule has 0 saturated carbocycles. The molecule has 0 saturated heterocycles. The van der Waals surface area contributed by atoms with Crippen molar-refractivity contribution in [2.24, 2.45) is 0 Å². The van der Waals surface area contributed by atoms with Crippen LogP contribution in [-0.4, -0.2) is 18.8 Å². The van der Waals surface area contributed by atoms with E-state index in [1.165, 1.54) is 0 Å². The summed E-state index contributed by atoms with van der Waals surface area (Å²) in [7, 11) is 1.60. The first-order valence-corrected chi connectivity index (χ1v) is 6.11. The van der Waals surface area contributed by atoms with E-state index in [0.717, 1.165) is 11.3 Å². The average molecular weight is 258 g/mol. The van der Waals surface area contributed by atoms with Gasteiger partial charge in [0, 0.05) is 12.6 Å². The molecule has 4 nitrogen and oxygen atoms in total. The van der Waals surface area contributed by atoms with Gasteiger partial charge in [-0.1, -0.05) is 30.3 Å². The van der Waals surface area contributed by atoms with E-state index in [9.17, 15) is 5.11 Å². The monoisotopic (exact) mass is 258 g/mol. The van der Waals surface area contributed by atoms with Crippen molar-refractivity contribution in [3.05, 3.63) is 54.1 Å². The zero-order chi connectivity index (χ0) is 13.7. The highest BCUT2D eigenvalue weighted by Crippen LogP contribution is 2.24. The van der Waals surface area contributed by atoms with Gasteiger partial charge in [-0.05, 0) is 17.7 Å². The number of anilines is 2. The Kier molecular flexibility index (Phi) is 4.26. The van der Waals surface area contributed by atoms with Crippen molar-refractivity contribution in [1.29, 1.82) is 0 Å². The summed E-state index contributed by atoms with van der Waals surface area (Å²) in [5, 5.41) is 13.2. The lowest BCUT2D eigenvalue weighted by atomic mass is 10.1. The maximum Gasteiger partial charge on any atom is 0.121 e. The van der Waals surface area contributed by atoms with E-state index in [4.69, 9.17) is 10.5 Å². The van der Waals surface area contributed by atoms with Gasteiger partial charge in [-0.15, -0.1) is 0 Å². The zero-order valence-electron chi connectivity index (χ0n) is 10.8. The molecule has 2 aromatic rings. The van der Waals surface area contributed by atoms with Gasteiger partial charge in [0.1, 0.15) is 5.75 Å². The molecule has 0 fully saturated rings. The molecule has 1 unspecified atom stereocenters. The van der Waals surface area contributed by atoms with Crippen molar-refractivity contribution in [2.75, 3.05) is 24.7 Å². The molecule has 0 spiro atoms. The van der Waals surface area contributed by atoms with E-state index < -0.39 is 6.10 Å². The van der Waals surface area contributed by atoms with Crippen LogP contribution in [0.3, 0.4) is 0 Å². The van der Waals surface area contributed by atoms with Gasteiger partial charge < -0.3 is 20.9 Å². The fourth-order valence-corrected chi connectivity index (χ4v) is 1.83. The van der Waals surface area contributed by atoms with Crippen LogP contribution in [0.2, 0.25) is 0 Å². The molecule has 0 bridgehead atoms. The fourth-order valence-electron chi connectivity index (χ4n) is 1.83. The normalized spacial score (nSPS) is 11.9.